The van der Waals surface area contributed by atoms with Crippen LogP contribution < -0.4 is 4.90 Å². The highest BCUT2D eigenvalue weighted by molar-refractivity contribution is 5.84. The van der Waals surface area contributed by atoms with Crippen molar-refractivity contribution in [2.75, 3.05) is 11.4 Å². The van der Waals surface area contributed by atoms with Gasteiger partial charge in [-0.3, -0.25) is 4.99 Å². The van der Waals surface area contributed by atoms with Crippen LogP contribution in [0.15, 0.2) is 41.4 Å². The van der Waals surface area contributed by atoms with Crippen molar-refractivity contribution < 1.29 is 8.78 Å². The maximum atomic E-state index is 14.7. The summed E-state index contributed by atoms with van der Waals surface area (Å²) in [7, 11) is 0. The lowest BCUT2D eigenvalue weighted by atomic mass is 9.79. The summed E-state index contributed by atoms with van der Waals surface area (Å²) < 4.78 is 28.4. The zero-order valence-electron chi connectivity index (χ0n) is 15.2. The summed E-state index contributed by atoms with van der Waals surface area (Å²) in [5, 5.41) is 0. The predicted octanol–water partition coefficient (Wildman–Crippen LogP) is 5.83. The van der Waals surface area contributed by atoms with Gasteiger partial charge < -0.3 is 4.90 Å². The Morgan fingerprint density at radius 2 is 1.92 bits per heavy atom. The largest absolute Gasteiger partial charge is 0.366 e. The fourth-order valence-electron chi connectivity index (χ4n) is 3.91. The number of anilines is 1. The first-order valence-electron chi connectivity index (χ1n) is 8.73. The monoisotopic (exact) mass is 342 g/mol. The van der Waals surface area contributed by atoms with Crippen LogP contribution in [0.25, 0.3) is 0 Å². The summed E-state index contributed by atoms with van der Waals surface area (Å²) in [6, 6.07) is 9.70. The molecule has 0 spiro atoms. The SMILES string of the molecule is CCN1c2cc(F)c(C=Nc3ccccc3F)cc2C(C)CC1(C)C. The smallest absolute Gasteiger partial charge is 0.148 e. The van der Waals surface area contributed by atoms with Crippen molar-refractivity contribution in [1.82, 2.24) is 0 Å². The molecule has 2 aromatic rings. The lowest BCUT2D eigenvalue weighted by molar-refractivity contribution is 0.380. The number of hydrogen-bond acceptors (Lipinski definition) is 2. The summed E-state index contributed by atoms with van der Waals surface area (Å²) in [6.07, 6.45) is 2.42. The van der Waals surface area contributed by atoms with Crippen molar-refractivity contribution in [2.24, 2.45) is 4.99 Å². The van der Waals surface area contributed by atoms with Gasteiger partial charge in [0.2, 0.25) is 0 Å². The summed E-state index contributed by atoms with van der Waals surface area (Å²) in [5.74, 6) is -0.416. The minimum atomic E-state index is -0.413. The van der Waals surface area contributed by atoms with E-state index < -0.39 is 5.82 Å². The van der Waals surface area contributed by atoms with Crippen molar-refractivity contribution in [1.29, 1.82) is 0 Å². The molecule has 25 heavy (non-hydrogen) atoms. The van der Waals surface area contributed by atoms with E-state index in [9.17, 15) is 8.78 Å². The fourth-order valence-corrected chi connectivity index (χ4v) is 3.91. The maximum Gasteiger partial charge on any atom is 0.148 e. The van der Waals surface area contributed by atoms with Crippen LogP contribution in [0.4, 0.5) is 20.2 Å². The molecule has 0 aliphatic carbocycles. The normalized spacial score (nSPS) is 19.3. The Morgan fingerprint density at radius 1 is 1.20 bits per heavy atom. The molecule has 0 saturated heterocycles. The molecule has 0 bridgehead atoms. The van der Waals surface area contributed by atoms with Gasteiger partial charge in [-0.2, -0.15) is 0 Å². The highest BCUT2D eigenvalue weighted by Gasteiger charge is 2.36. The second-order valence-corrected chi connectivity index (χ2v) is 7.30. The van der Waals surface area contributed by atoms with E-state index in [4.69, 9.17) is 0 Å². The van der Waals surface area contributed by atoms with Crippen molar-refractivity contribution >= 4 is 17.6 Å². The molecule has 3 rings (SSSR count). The van der Waals surface area contributed by atoms with Crippen LogP contribution in [-0.4, -0.2) is 18.3 Å². The van der Waals surface area contributed by atoms with Crippen molar-refractivity contribution in [2.45, 2.75) is 45.6 Å². The fraction of sp³-hybridized carbons (Fsp3) is 0.381. The van der Waals surface area contributed by atoms with Gasteiger partial charge in [-0.15, -0.1) is 0 Å². The summed E-state index contributed by atoms with van der Waals surface area (Å²) in [5.41, 5.74) is 2.68. The Kier molecular flexibility index (Phi) is 4.63. The Bertz CT molecular complexity index is 812. The molecule has 1 unspecified atom stereocenters. The molecule has 132 valence electrons. The van der Waals surface area contributed by atoms with Gasteiger partial charge in [0.1, 0.15) is 11.6 Å². The van der Waals surface area contributed by atoms with Gasteiger partial charge in [-0.25, -0.2) is 8.78 Å². The van der Waals surface area contributed by atoms with Gasteiger partial charge in [0.15, 0.2) is 0 Å². The highest BCUT2D eigenvalue weighted by atomic mass is 19.1. The van der Waals surface area contributed by atoms with E-state index >= 15 is 0 Å². The topological polar surface area (TPSA) is 15.6 Å². The summed E-state index contributed by atoms with van der Waals surface area (Å²) >= 11 is 0. The van der Waals surface area contributed by atoms with E-state index in [1.54, 1.807) is 24.3 Å². The number of halogens is 2. The Morgan fingerprint density at radius 3 is 2.60 bits per heavy atom. The van der Waals surface area contributed by atoms with E-state index in [2.05, 4.69) is 37.6 Å². The van der Waals surface area contributed by atoms with Crippen LogP contribution in [0.2, 0.25) is 0 Å². The molecule has 0 aromatic heterocycles. The van der Waals surface area contributed by atoms with Crippen LogP contribution in [0.3, 0.4) is 0 Å². The van der Waals surface area contributed by atoms with Crippen molar-refractivity contribution in [3.8, 4) is 0 Å². The molecule has 0 saturated carbocycles. The molecule has 2 aromatic carbocycles. The van der Waals surface area contributed by atoms with Crippen molar-refractivity contribution in [3.63, 3.8) is 0 Å². The maximum absolute atomic E-state index is 14.7. The lowest BCUT2D eigenvalue weighted by Crippen LogP contribution is -2.48. The highest BCUT2D eigenvalue weighted by Crippen LogP contribution is 2.43. The Hall–Kier alpha value is -2.23. The summed E-state index contributed by atoms with van der Waals surface area (Å²) in [6.45, 7) is 9.48. The molecule has 4 heteroatoms. The van der Waals surface area contributed by atoms with Gasteiger partial charge in [-0.1, -0.05) is 19.1 Å². The van der Waals surface area contributed by atoms with Gasteiger partial charge in [0, 0.05) is 29.5 Å². The quantitative estimate of drug-likeness (QED) is 0.641. The molecule has 0 fully saturated rings. The standard InChI is InChI=1S/C21H24F2N2/c1-5-25-20-11-18(23)15(10-16(20)14(2)12-21(25,3)4)13-24-19-9-7-6-8-17(19)22/h6-11,13-14H,5,12H2,1-4H3. The van der Waals surface area contributed by atoms with Crippen LogP contribution in [0.5, 0.6) is 0 Å². The van der Waals surface area contributed by atoms with Gasteiger partial charge in [0.05, 0.1) is 5.69 Å². The zero-order valence-corrected chi connectivity index (χ0v) is 15.2. The number of fused-ring (bicyclic) bond motifs is 1. The third kappa shape index (κ3) is 3.30. The third-order valence-electron chi connectivity index (χ3n) is 5.02. The number of benzene rings is 2. The van der Waals surface area contributed by atoms with Crippen LogP contribution >= 0.6 is 0 Å². The van der Waals surface area contributed by atoms with Gasteiger partial charge in [0.25, 0.3) is 0 Å². The average molecular weight is 342 g/mol. The molecule has 1 heterocycles. The van der Waals surface area contributed by atoms with E-state index in [0.29, 0.717) is 11.5 Å². The van der Waals surface area contributed by atoms with E-state index in [1.807, 2.05) is 6.07 Å². The molecule has 0 radical (unpaired) electrons. The summed E-state index contributed by atoms with van der Waals surface area (Å²) in [4.78, 5) is 6.38. The van der Waals surface area contributed by atoms with Crippen LogP contribution in [0, 0.1) is 11.6 Å². The van der Waals surface area contributed by atoms with Crippen LogP contribution in [0.1, 0.15) is 51.2 Å². The number of nitrogens with zero attached hydrogens (tertiary/aromatic N) is 2. The van der Waals surface area contributed by atoms with Gasteiger partial charge in [-0.05, 0) is 62.9 Å². The van der Waals surface area contributed by atoms with Gasteiger partial charge >= 0.3 is 0 Å². The molecule has 1 aliphatic heterocycles. The Balaban J connectivity index is 2.02. The number of hydrogen-bond donors (Lipinski definition) is 0. The molecule has 1 atom stereocenters. The number of para-hydroxylation sites is 1. The van der Waals surface area contributed by atoms with Crippen molar-refractivity contribution in [3.05, 3.63) is 59.2 Å². The minimum Gasteiger partial charge on any atom is -0.366 e. The van der Waals surface area contributed by atoms with E-state index in [-0.39, 0.29) is 17.0 Å². The zero-order chi connectivity index (χ0) is 18.2. The van der Waals surface area contributed by atoms with Crippen LogP contribution in [-0.2, 0) is 0 Å². The first-order chi connectivity index (χ1) is 11.8. The molecule has 1 aliphatic rings. The predicted molar refractivity (Wildman–Crippen MR) is 100 cm³/mol. The van der Waals surface area contributed by atoms with E-state index in [0.717, 1.165) is 24.2 Å². The average Bonchev–Trinajstić information content (AvgIpc) is 2.54. The third-order valence-corrected chi connectivity index (χ3v) is 5.02. The second-order valence-electron chi connectivity index (χ2n) is 7.30. The first-order valence-corrected chi connectivity index (χ1v) is 8.73. The lowest BCUT2D eigenvalue weighted by Gasteiger charge is -2.47. The molecule has 0 amide bonds. The first kappa shape index (κ1) is 17.6. The molecular formula is C21H24F2N2. The Labute approximate surface area is 148 Å². The molecule has 2 nitrogen and oxygen atoms in total. The molecule has 0 N–H and O–H groups in total. The van der Waals surface area contributed by atoms with E-state index in [1.165, 1.54) is 12.3 Å². The number of rotatable bonds is 3. The molecular weight excluding hydrogens is 318 g/mol. The second kappa shape index (κ2) is 6.58. The minimum absolute atomic E-state index is 0.00359. The number of aliphatic imine (C=N–C) groups is 1.